The topological polar surface area (TPSA) is 390 Å². The number of ether oxygens (including phenoxy) is 9. The third kappa shape index (κ3) is 30.5. The highest BCUT2D eigenvalue weighted by atomic mass is 127. The van der Waals surface area contributed by atoms with E-state index in [2.05, 4.69) is 101 Å². The monoisotopic (exact) mass is 2390 g/mol. The Balaban J connectivity index is 0.000000236. The number of H-pyrrole nitrogens is 1. The van der Waals surface area contributed by atoms with Crippen LogP contribution in [0, 0.1) is 10.5 Å². The maximum Gasteiger partial charge on any atom is 0.448 e. The Bertz CT molecular complexity index is 6400. The first-order valence-corrected chi connectivity index (χ1v) is 46.4. The zero-order chi connectivity index (χ0) is 97.4. The van der Waals surface area contributed by atoms with E-state index >= 15 is 0 Å². The number of nitrogens with one attached hydrogen (secondary N) is 2. The zero-order valence-corrected chi connectivity index (χ0v) is 86.6. The molecule has 14 rings (SSSR count). The molecule has 692 valence electrons. The Morgan fingerprint density at radius 3 is 1.26 bits per heavy atom. The Labute approximate surface area is 843 Å². The Kier molecular flexibility index (Phi) is 45.4. The molecule has 0 bridgehead atoms. The van der Waals surface area contributed by atoms with Crippen molar-refractivity contribution in [2.24, 2.45) is 0 Å². The van der Waals surface area contributed by atoms with Crippen LogP contribution in [0.3, 0.4) is 0 Å². The van der Waals surface area contributed by atoms with Crippen molar-refractivity contribution in [3.63, 3.8) is 0 Å². The molecule has 10 N–H and O–H groups in total. The van der Waals surface area contributed by atoms with Crippen LogP contribution in [0.4, 0.5) is 22.7 Å². The van der Waals surface area contributed by atoms with Crippen molar-refractivity contribution in [2.75, 3.05) is 83.7 Å². The van der Waals surface area contributed by atoms with Gasteiger partial charge in [0.15, 0.2) is 50.8 Å². The van der Waals surface area contributed by atoms with Gasteiger partial charge in [0, 0.05) is 39.7 Å². The number of benzene rings is 11. The number of esters is 3. The van der Waals surface area contributed by atoms with Gasteiger partial charge in [0.1, 0.15) is 13.1 Å². The molecule has 27 nitrogen and oxygen atoms in total. The summed E-state index contributed by atoms with van der Waals surface area (Å²) in [6, 6.07) is 51.9. The van der Waals surface area contributed by atoms with Gasteiger partial charge in [-0.15, -0.1) is 0 Å². The highest BCUT2D eigenvalue weighted by Gasteiger charge is 2.23. The summed E-state index contributed by atoms with van der Waals surface area (Å²) in [6.45, 7) is 9.44. The minimum absolute atomic E-state index is 0.0359. The largest absolute Gasteiger partial charge is 0.494 e. The van der Waals surface area contributed by atoms with Gasteiger partial charge in [-0.25, -0.2) is 9.59 Å². The fourth-order valence-electron chi connectivity index (χ4n) is 12.2. The van der Waals surface area contributed by atoms with Gasteiger partial charge in [-0.05, 0) is 220 Å². The van der Waals surface area contributed by atoms with Gasteiger partial charge in [0.25, 0.3) is 0 Å². The quantitative estimate of drug-likeness (QED) is 0.00752. The molecular weight excluding hydrogens is 2310 g/mol. The number of pyridine rings is 3. The van der Waals surface area contributed by atoms with Crippen molar-refractivity contribution in [1.82, 2.24) is 14.1 Å². The van der Waals surface area contributed by atoms with Gasteiger partial charge in [-0.1, -0.05) is 180 Å². The molecule has 0 spiro atoms. The Hall–Kier alpha value is -9.52. The lowest BCUT2D eigenvalue weighted by Gasteiger charge is -2.18. The van der Waals surface area contributed by atoms with Crippen molar-refractivity contribution >= 4 is 304 Å². The molecule has 14 aromatic rings. The molecule has 0 amide bonds. The number of carboxylic acid groups (broad SMARTS) is 2. The van der Waals surface area contributed by atoms with Crippen molar-refractivity contribution in [2.45, 2.75) is 47.6 Å². The van der Waals surface area contributed by atoms with Crippen LogP contribution in [0.2, 0.25) is 37.0 Å². The molecule has 11 aromatic carbocycles. The summed E-state index contributed by atoms with van der Waals surface area (Å²) in [4.78, 5) is 97.6. The number of nitrogens with two attached hydrogens (primary N) is 2. The van der Waals surface area contributed by atoms with Crippen LogP contribution in [0.5, 0.6) is 34.5 Å². The number of aromatic carboxylic acids is 2. The fourth-order valence-corrected chi connectivity index (χ4v) is 16.2. The summed E-state index contributed by atoms with van der Waals surface area (Å²) in [5.41, 5.74) is 17.3. The summed E-state index contributed by atoms with van der Waals surface area (Å²) >= 11 is 53.6. The van der Waals surface area contributed by atoms with E-state index < -0.39 is 31.0 Å². The lowest BCUT2D eigenvalue weighted by atomic mass is 9.99. The van der Waals surface area contributed by atoms with Crippen molar-refractivity contribution in [3.8, 4) is 34.5 Å². The number of aromatic nitrogens is 3. The summed E-state index contributed by atoms with van der Waals surface area (Å²) in [5, 5.41) is 42.0. The number of para-hydroxylation sites is 3. The number of hydrogen-bond donors (Lipinski definition) is 8. The number of rotatable bonds is 18. The molecular formula is C91H85BBr4Cl6I2N6O21. The van der Waals surface area contributed by atoms with Crippen LogP contribution >= 0.6 is 179 Å². The average molecular weight is 2400 g/mol. The second-order valence-corrected chi connectivity index (χ2v) is 34.4. The fraction of sp³-hybridized carbons (Fsp3) is 0.187. The van der Waals surface area contributed by atoms with Gasteiger partial charge in [0.05, 0.1) is 178 Å². The van der Waals surface area contributed by atoms with Gasteiger partial charge < -0.3 is 93.8 Å². The number of carbonyl (C=O) groups is 5. The number of anilines is 4. The highest BCUT2D eigenvalue weighted by molar-refractivity contribution is 14.1. The first-order valence-electron chi connectivity index (χ1n) is 38.4. The molecule has 0 unspecified atom stereocenters. The molecule has 0 radical (unpaired) electrons. The van der Waals surface area contributed by atoms with E-state index in [1.807, 2.05) is 72.0 Å². The van der Waals surface area contributed by atoms with Crippen LogP contribution < -0.4 is 61.5 Å². The first-order chi connectivity index (χ1) is 62.2. The Morgan fingerprint density at radius 2 is 0.817 bits per heavy atom. The number of nitrogen functional groups attached to an aromatic ring is 2. The van der Waals surface area contributed by atoms with Crippen LogP contribution in [0.15, 0.2) is 214 Å². The van der Waals surface area contributed by atoms with Gasteiger partial charge in [0.2, 0.25) is 0 Å². The molecule has 3 aromatic heterocycles. The van der Waals surface area contributed by atoms with Crippen molar-refractivity contribution in [3.05, 3.63) is 281 Å². The number of alkyl halides is 1. The lowest BCUT2D eigenvalue weighted by molar-refractivity contribution is -0.144. The number of carboxylic acids is 2. The average Bonchev–Trinajstić information content (AvgIpc) is 0.744. The molecule has 0 aliphatic carbocycles. The van der Waals surface area contributed by atoms with E-state index in [0.717, 1.165) is 38.3 Å². The zero-order valence-electron chi connectivity index (χ0n) is 71.5. The highest BCUT2D eigenvalue weighted by Crippen LogP contribution is 2.40. The molecule has 0 saturated heterocycles. The molecule has 0 aliphatic rings. The minimum Gasteiger partial charge on any atom is -0.494 e. The lowest BCUT2D eigenvalue weighted by Crippen LogP contribution is -2.18. The van der Waals surface area contributed by atoms with Crippen molar-refractivity contribution < 1.29 is 86.9 Å². The predicted octanol–water partition coefficient (Wildman–Crippen LogP) is 23.2. The van der Waals surface area contributed by atoms with E-state index in [1.165, 1.54) is 54.5 Å². The molecule has 3 heterocycles. The molecule has 40 heteroatoms. The van der Waals surface area contributed by atoms with E-state index in [1.54, 1.807) is 164 Å². The second-order valence-electron chi connectivity index (χ2n) is 26.4. The number of aryl methyl sites for hydroxylation is 1. The summed E-state index contributed by atoms with van der Waals surface area (Å²) in [7, 11) is 7.99. The number of halogens is 12. The second kappa shape index (κ2) is 54.0. The van der Waals surface area contributed by atoms with Gasteiger partial charge in [-0.3, -0.25) is 28.8 Å². The number of hydrogen-bond acceptors (Lipinski definition) is 22. The van der Waals surface area contributed by atoms with Crippen LogP contribution in [-0.4, -0.2) is 138 Å². The van der Waals surface area contributed by atoms with E-state index in [0.29, 0.717) is 147 Å². The number of nitrogens with zero attached hydrogens (tertiary/aromatic N) is 2. The molecule has 0 aliphatic heterocycles. The molecule has 131 heavy (non-hydrogen) atoms. The minimum atomic E-state index is -1.17. The normalized spacial score (nSPS) is 10.3. The van der Waals surface area contributed by atoms with Crippen LogP contribution in [-0.2, 0) is 41.7 Å². The van der Waals surface area contributed by atoms with Crippen molar-refractivity contribution in [1.29, 1.82) is 0 Å². The Morgan fingerprint density at radius 1 is 0.435 bits per heavy atom. The first kappa shape index (κ1) is 110. The molecule has 0 atom stereocenters. The maximum absolute atomic E-state index is 12.9. The van der Waals surface area contributed by atoms with E-state index in [9.17, 15) is 43.5 Å². The van der Waals surface area contributed by atoms with E-state index in [4.69, 9.17) is 134 Å². The summed E-state index contributed by atoms with van der Waals surface area (Å²) in [6.07, 6.45) is 0. The third-order valence-electron chi connectivity index (χ3n) is 17.7. The van der Waals surface area contributed by atoms with E-state index in [-0.39, 0.29) is 65.4 Å². The number of aromatic amines is 1. The molecule has 0 saturated carbocycles. The molecule has 0 fully saturated rings. The maximum atomic E-state index is 12.9. The van der Waals surface area contributed by atoms with Crippen LogP contribution in [0.25, 0.3) is 65.4 Å². The van der Waals surface area contributed by atoms with Gasteiger partial charge in [-0.2, -0.15) is 0 Å². The number of carbonyl (C=O) groups excluding carboxylic acids is 3. The van der Waals surface area contributed by atoms with Gasteiger partial charge >= 0.3 is 37.0 Å². The van der Waals surface area contributed by atoms with Crippen LogP contribution in [0.1, 0.15) is 47.1 Å². The third-order valence-corrected chi connectivity index (χ3v) is 22.9. The standard InChI is InChI=1S/C19H18ClNO4.C18H15BrClNO4.C14H11BrClNO3.C14H9BrClNO2.C7H6BrNO2.C7H6ClIO.C7H8ClNO.C4H7IO2.CH5BO2/c1-4-25-16(22)10-21-15-9-11(2)5-6-12(15)18(23)13-7-8-14(20)19(24-3)17(13)21;1-3-25-15(22)9-21-14-8-10(19)4-5-11(14)17(23)12-6-7-13(20)18(24-2)16(12)21;1-20-13-10(16)3-2-4-11(13)17-12-7-8(15)5-6-9(12)14(18)19;1-19-14-10(16)5-4-9-12(14)17-11-6-7(15)2-3-8(11)13(9)18;8-4-1-2-5(7(10)11)6(9)3-4;2*1-10-7-5(8)3-2-4-6(7)9;1-2-7-4(6)3-5;1-2(3)4/h5-9H,4,10H2,1-3H3;4-8H,3,9H2,1-2H3;2-7,17H,1H3,(H,18,19);2-6H,1H3,(H,17,18);1-3H,9H2,(H,10,11);2-4H,1H3;2-4H,9H2,1H3;2-3H2,1H3;3-4H,1H3. The summed E-state index contributed by atoms with van der Waals surface area (Å²) < 4.78 is 54.2. The SMILES string of the molecule is CB(O)O.CCOC(=O)CI.CCOC(=O)Cn1c2cc(Br)ccc2c(=O)c2ccc(Cl)c(OC)c21.CCOC(=O)Cn1c2cc(C)ccc2c(=O)c2ccc(Cl)c(OC)c21.COc1c(Cl)ccc2c(=O)c3ccc(Br)cc3[nH]c12.COc1c(Cl)cccc1I.COc1c(Cl)cccc1Nc1cc(Br)ccc1C(=O)O.COc1c(N)cccc1Cl.Nc1cc(Br)ccc1C(=O)O. The number of methoxy groups -OCH3 is 6. The predicted molar refractivity (Wildman–Crippen MR) is 554 cm³/mol. The smallest absolute Gasteiger partial charge is 0.448 e. The number of fused-ring (bicyclic) bond motifs is 6. The summed E-state index contributed by atoms with van der Waals surface area (Å²) in [5.74, 6) is 0.0103.